The van der Waals surface area contributed by atoms with Gasteiger partial charge in [-0.25, -0.2) is 9.59 Å². The van der Waals surface area contributed by atoms with Crippen LogP contribution in [-0.4, -0.2) is 36.8 Å². The van der Waals surface area contributed by atoms with E-state index in [1.165, 1.54) is 7.11 Å². The largest absolute Gasteiger partial charge is 0.495 e. The molecule has 0 amide bonds. The number of para-hydroxylation sites is 1. The number of alkyl halides is 3. The third-order valence-corrected chi connectivity index (χ3v) is 3.83. The number of fused-ring (bicyclic) bond motifs is 3. The number of aromatic amines is 1. The summed E-state index contributed by atoms with van der Waals surface area (Å²) < 4.78 is 46.0. The second kappa shape index (κ2) is 5.82. The summed E-state index contributed by atoms with van der Waals surface area (Å²) in [5.74, 6) is -3.29. The smallest absolute Gasteiger partial charge is 0.491 e. The molecule has 1 atom stereocenters. The first-order valence-electron chi connectivity index (χ1n) is 7.06. The number of nitrogens with one attached hydrogen (secondary N) is 2. The Morgan fingerprint density at radius 1 is 1.29 bits per heavy atom. The van der Waals surface area contributed by atoms with E-state index in [-0.39, 0.29) is 0 Å². The van der Waals surface area contributed by atoms with Gasteiger partial charge in [-0.1, -0.05) is 12.1 Å². The van der Waals surface area contributed by atoms with Crippen molar-refractivity contribution < 1.29 is 32.2 Å². The molecular weight excluding hydrogens is 329 g/mol. The molecule has 0 saturated carbocycles. The Morgan fingerprint density at radius 3 is 2.71 bits per heavy atom. The highest BCUT2D eigenvalue weighted by molar-refractivity contribution is 5.95. The van der Waals surface area contributed by atoms with Crippen LogP contribution in [0.3, 0.4) is 0 Å². The third-order valence-electron chi connectivity index (χ3n) is 3.83. The number of ether oxygens (including phenoxy) is 2. The molecule has 6 nitrogen and oxygen atoms in total. The standard InChI is InChI=1S/C15H13F3N2O4/c1-23-9-4-2-3-7-8-5-6-19-12(11(8)20-10(7)9)13(21)24-14(22)15(16,17)18/h2-4,12,19-20H,5-6H2,1H3. The van der Waals surface area contributed by atoms with Crippen molar-refractivity contribution >= 4 is 22.8 Å². The summed E-state index contributed by atoms with van der Waals surface area (Å²) in [4.78, 5) is 25.9. The molecule has 2 aromatic rings. The minimum Gasteiger partial charge on any atom is -0.495 e. The maximum absolute atomic E-state index is 12.3. The van der Waals surface area contributed by atoms with Crippen LogP contribution in [0.15, 0.2) is 18.2 Å². The highest BCUT2D eigenvalue weighted by Gasteiger charge is 2.44. The molecule has 0 aliphatic carbocycles. The summed E-state index contributed by atoms with van der Waals surface area (Å²) in [6.07, 6.45) is -4.66. The molecule has 0 fully saturated rings. The second-order valence-corrected chi connectivity index (χ2v) is 5.24. The molecule has 3 rings (SSSR count). The Morgan fingerprint density at radius 2 is 2.04 bits per heavy atom. The van der Waals surface area contributed by atoms with Crippen LogP contribution in [0.25, 0.3) is 10.9 Å². The molecular formula is C15H13F3N2O4. The van der Waals surface area contributed by atoms with E-state index < -0.39 is 24.2 Å². The Labute approximate surface area is 133 Å². The predicted molar refractivity (Wildman–Crippen MR) is 76.5 cm³/mol. The van der Waals surface area contributed by atoms with Crippen molar-refractivity contribution in [2.75, 3.05) is 13.7 Å². The van der Waals surface area contributed by atoms with E-state index in [4.69, 9.17) is 4.74 Å². The van der Waals surface area contributed by atoms with Crippen molar-refractivity contribution in [3.8, 4) is 5.75 Å². The van der Waals surface area contributed by atoms with Gasteiger partial charge in [0.25, 0.3) is 0 Å². The van der Waals surface area contributed by atoms with Crippen molar-refractivity contribution in [1.29, 1.82) is 0 Å². The lowest BCUT2D eigenvalue weighted by Crippen LogP contribution is -2.39. The van der Waals surface area contributed by atoms with Gasteiger partial charge in [0.05, 0.1) is 12.6 Å². The SMILES string of the molecule is COc1cccc2c3c([nH]c12)C(C(=O)OC(=O)C(F)(F)F)NCC3. The average Bonchev–Trinajstić information content (AvgIpc) is 2.92. The molecule has 1 aromatic carbocycles. The highest BCUT2D eigenvalue weighted by atomic mass is 19.4. The lowest BCUT2D eigenvalue weighted by atomic mass is 9.99. The van der Waals surface area contributed by atoms with Crippen molar-refractivity contribution in [3.63, 3.8) is 0 Å². The summed E-state index contributed by atoms with van der Waals surface area (Å²) >= 11 is 0. The molecule has 9 heteroatoms. The van der Waals surface area contributed by atoms with Crippen LogP contribution >= 0.6 is 0 Å². The molecule has 0 saturated heterocycles. The molecule has 0 spiro atoms. The number of benzene rings is 1. The normalized spacial score (nSPS) is 17.4. The van der Waals surface area contributed by atoms with Crippen LogP contribution in [0.4, 0.5) is 13.2 Å². The van der Waals surface area contributed by atoms with Gasteiger partial charge in [0.1, 0.15) is 11.8 Å². The van der Waals surface area contributed by atoms with Crippen LogP contribution in [0, 0.1) is 0 Å². The fourth-order valence-electron chi connectivity index (χ4n) is 2.81. The van der Waals surface area contributed by atoms with E-state index in [0.717, 1.165) is 10.9 Å². The van der Waals surface area contributed by atoms with E-state index >= 15 is 0 Å². The average molecular weight is 342 g/mol. The van der Waals surface area contributed by atoms with Gasteiger partial charge in [-0.15, -0.1) is 0 Å². The van der Waals surface area contributed by atoms with E-state index in [9.17, 15) is 22.8 Å². The highest BCUT2D eigenvalue weighted by Crippen LogP contribution is 2.35. The zero-order valence-electron chi connectivity index (χ0n) is 12.5. The number of halogens is 3. The molecule has 0 radical (unpaired) electrons. The number of carbonyl (C=O) groups is 2. The molecule has 1 aromatic heterocycles. The van der Waals surface area contributed by atoms with Crippen molar-refractivity contribution in [3.05, 3.63) is 29.5 Å². The minimum atomic E-state index is -5.23. The summed E-state index contributed by atoms with van der Waals surface area (Å²) in [6, 6.07) is 4.13. The van der Waals surface area contributed by atoms with Crippen LogP contribution in [0.1, 0.15) is 17.3 Å². The molecule has 1 aliphatic heterocycles. The van der Waals surface area contributed by atoms with E-state index in [2.05, 4.69) is 15.0 Å². The van der Waals surface area contributed by atoms with Gasteiger partial charge >= 0.3 is 18.1 Å². The van der Waals surface area contributed by atoms with Crippen LogP contribution in [0.5, 0.6) is 5.75 Å². The van der Waals surface area contributed by atoms with Crippen molar-refractivity contribution in [2.24, 2.45) is 0 Å². The summed E-state index contributed by atoms with van der Waals surface area (Å²) in [5, 5.41) is 3.58. The topological polar surface area (TPSA) is 80.4 Å². The molecule has 2 N–H and O–H groups in total. The lowest BCUT2D eigenvalue weighted by Gasteiger charge is -2.22. The van der Waals surface area contributed by atoms with E-state index in [1.807, 2.05) is 6.07 Å². The summed E-state index contributed by atoms with van der Waals surface area (Å²) in [5.41, 5.74) is 1.79. The summed E-state index contributed by atoms with van der Waals surface area (Å²) in [7, 11) is 1.49. The molecule has 1 unspecified atom stereocenters. The molecule has 0 bridgehead atoms. The van der Waals surface area contributed by atoms with Gasteiger partial charge in [-0.3, -0.25) is 5.32 Å². The fraction of sp³-hybridized carbons (Fsp3) is 0.333. The monoisotopic (exact) mass is 342 g/mol. The van der Waals surface area contributed by atoms with Gasteiger partial charge in [-0.05, 0) is 18.1 Å². The number of methoxy groups -OCH3 is 1. The quantitative estimate of drug-likeness (QED) is 0.644. The van der Waals surface area contributed by atoms with Gasteiger partial charge in [-0.2, -0.15) is 13.2 Å². The lowest BCUT2D eigenvalue weighted by molar-refractivity contribution is -0.202. The summed E-state index contributed by atoms with van der Waals surface area (Å²) in [6.45, 7) is 0.358. The maximum atomic E-state index is 12.3. The van der Waals surface area contributed by atoms with Crippen molar-refractivity contribution in [2.45, 2.75) is 18.6 Å². The zero-order chi connectivity index (χ0) is 17.5. The van der Waals surface area contributed by atoms with Crippen LogP contribution in [-0.2, 0) is 20.7 Å². The van der Waals surface area contributed by atoms with Crippen molar-refractivity contribution in [1.82, 2.24) is 10.3 Å². The van der Waals surface area contributed by atoms with E-state index in [1.54, 1.807) is 12.1 Å². The first-order chi connectivity index (χ1) is 11.3. The second-order valence-electron chi connectivity index (χ2n) is 5.24. The fourth-order valence-corrected chi connectivity index (χ4v) is 2.81. The number of aromatic nitrogens is 1. The minimum absolute atomic E-state index is 0.358. The molecule has 2 heterocycles. The number of hydrogen-bond donors (Lipinski definition) is 2. The molecule has 128 valence electrons. The Bertz CT molecular complexity index is 813. The van der Waals surface area contributed by atoms with Crippen LogP contribution < -0.4 is 10.1 Å². The zero-order valence-corrected chi connectivity index (χ0v) is 12.5. The number of rotatable bonds is 2. The Hall–Kier alpha value is -2.55. The Balaban J connectivity index is 1.97. The first-order valence-corrected chi connectivity index (χ1v) is 7.06. The van der Waals surface area contributed by atoms with Gasteiger partial charge in [0.15, 0.2) is 0 Å². The number of hydrogen-bond acceptors (Lipinski definition) is 5. The van der Waals surface area contributed by atoms with E-state index in [0.29, 0.717) is 29.9 Å². The van der Waals surface area contributed by atoms with Gasteiger partial charge in [0, 0.05) is 17.6 Å². The number of esters is 2. The number of H-pyrrole nitrogens is 1. The molecule has 24 heavy (non-hydrogen) atoms. The predicted octanol–water partition coefficient (Wildman–Crippen LogP) is 2.00. The third kappa shape index (κ3) is 2.71. The van der Waals surface area contributed by atoms with Gasteiger partial charge in [0.2, 0.25) is 0 Å². The Kier molecular flexibility index (Phi) is 3.96. The van der Waals surface area contributed by atoms with Crippen LogP contribution in [0.2, 0.25) is 0 Å². The first kappa shape index (κ1) is 16.3. The maximum Gasteiger partial charge on any atom is 0.491 e. The number of carbonyl (C=O) groups excluding carboxylic acids is 2. The molecule has 1 aliphatic rings. The van der Waals surface area contributed by atoms with Gasteiger partial charge < -0.3 is 14.5 Å².